The molecule has 0 radical (unpaired) electrons. The maximum Gasteiger partial charge on any atom is 0.407 e. The van der Waals surface area contributed by atoms with Gasteiger partial charge in [-0.1, -0.05) is 42.5 Å². The second-order valence-corrected chi connectivity index (χ2v) is 4.96. The smallest absolute Gasteiger partial charge is 0.407 e. The summed E-state index contributed by atoms with van der Waals surface area (Å²) >= 11 is 0. The van der Waals surface area contributed by atoms with Crippen LogP contribution in [0.15, 0.2) is 54.6 Å². The van der Waals surface area contributed by atoms with Crippen molar-refractivity contribution in [1.29, 1.82) is 0 Å². The summed E-state index contributed by atoms with van der Waals surface area (Å²) in [5, 5.41) is 2.81. The summed E-state index contributed by atoms with van der Waals surface area (Å²) in [6.07, 6.45) is 0.436. The molecule has 0 unspecified atom stereocenters. The Bertz CT molecular complexity index is 601. The molecule has 1 fully saturated rings. The SMILES string of the molecule is Cl.O=C1N[C@H](c2ccc(OCc3ccccc3)cc2)CCO1. The lowest BCUT2D eigenvalue weighted by atomic mass is 10.0. The Labute approximate surface area is 135 Å². The summed E-state index contributed by atoms with van der Waals surface area (Å²) in [4.78, 5) is 11.2. The van der Waals surface area contributed by atoms with Crippen molar-refractivity contribution in [1.82, 2.24) is 5.32 Å². The quantitative estimate of drug-likeness (QED) is 0.931. The standard InChI is InChI=1S/C17H17NO3.ClH/c19-17-18-16(10-11-20-17)14-6-8-15(9-7-14)21-12-13-4-2-1-3-5-13;/h1-9,16H,10-12H2,(H,18,19);1H/t16-;/m0./s1. The number of hydrogen-bond donors (Lipinski definition) is 1. The number of benzene rings is 2. The number of carbonyl (C=O) groups is 1. The van der Waals surface area contributed by atoms with Crippen molar-refractivity contribution in [3.05, 3.63) is 65.7 Å². The van der Waals surface area contributed by atoms with Gasteiger partial charge in [0, 0.05) is 6.42 Å². The van der Waals surface area contributed by atoms with Crippen LogP contribution in [0, 0.1) is 0 Å². The summed E-state index contributed by atoms with van der Waals surface area (Å²) in [5.74, 6) is 0.820. The van der Waals surface area contributed by atoms with E-state index in [1.54, 1.807) is 0 Å². The molecule has 1 atom stereocenters. The minimum atomic E-state index is -0.351. The summed E-state index contributed by atoms with van der Waals surface area (Å²) in [5.41, 5.74) is 2.21. The highest BCUT2D eigenvalue weighted by atomic mass is 35.5. The second kappa shape index (κ2) is 7.71. The van der Waals surface area contributed by atoms with Crippen molar-refractivity contribution < 1.29 is 14.3 Å². The van der Waals surface area contributed by atoms with Crippen LogP contribution in [0.5, 0.6) is 5.75 Å². The second-order valence-electron chi connectivity index (χ2n) is 4.96. The topological polar surface area (TPSA) is 47.6 Å². The lowest BCUT2D eigenvalue weighted by molar-refractivity contribution is 0.115. The summed E-state index contributed by atoms with van der Waals surface area (Å²) in [6.45, 7) is 1.01. The van der Waals surface area contributed by atoms with Crippen molar-refractivity contribution in [3.63, 3.8) is 0 Å². The van der Waals surface area contributed by atoms with Gasteiger partial charge in [0.05, 0.1) is 12.6 Å². The minimum Gasteiger partial charge on any atom is -0.489 e. The molecule has 116 valence electrons. The first-order valence-corrected chi connectivity index (χ1v) is 7.01. The van der Waals surface area contributed by atoms with Gasteiger partial charge < -0.3 is 14.8 Å². The predicted molar refractivity (Wildman–Crippen MR) is 86.3 cm³/mol. The molecule has 1 heterocycles. The molecule has 0 bridgehead atoms. The Hall–Kier alpha value is -2.20. The van der Waals surface area contributed by atoms with Crippen LogP contribution in [0.25, 0.3) is 0 Å². The van der Waals surface area contributed by atoms with Crippen LogP contribution in [0.4, 0.5) is 4.79 Å². The lowest BCUT2D eigenvalue weighted by Gasteiger charge is -2.23. The number of rotatable bonds is 4. The molecule has 1 N–H and O–H groups in total. The molecule has 0 aromatic heterocycles. The number of carbonyl (C=O) groups excluding carboxylic acids is 1. The largest absolute Gasteiger partial charge is 0.489 e. The monoisotopic (exact) mass is 319 g/mol. The maximum atomic E-state index is 11.2. The molecular weight excluding hydrogens is 302 g/mol. The van der Waals surface area contributed by atoms with E-state index in [-0.39, 0.29) is 24.5 Å². The van der Waals surface area contributed by atoms with Gasteiger partial charge in [-0.15, -0.1) is 12.4 Å². The maximum absolute atomic E-state index is 11.2. The van der Waals surface area contributed by atoms with E-state index in [1.807, 2.05) is 54.6 Å². The van der Waals surface area contributed by atoms with Gasteiger partial charge in [-0.25, -0.2) is 4.79 Å². The van der Waals surface area contributed by atoms with E-state index in [9.17, 15) is 4.79 Å². The fourth-order valence-electron chi connectivity index (χ4n) is 2.31. The molecule has 22 heavy (non-hydrogen) atoms. The van der Waals surface area contributed by atoms with Crippen molar-refractivity contribution in [2.75, 3.05) is 6.61 Å². The van der Waals surface area contributed by atoms with Crippen LogP contribution in [0.3, 0.4) is 0 Å². The molecule has 1 saturated heterocycles. The van der Waals surface area contributed by atoms with E-state index in [0.717, 1.165) is 23.3 Å². The van der Waals surface area contributed by atoms with E-state index in [0.29, 0.717) is 13.2 Å². The van der Waals surface area contributed by atoms with Crippen LogP contribution < -0.4 is 10.1 Å². The molecule has 1 aliphatic heterocycles. The average molecular weight is 320 g/mol. The van der Waals surface area contributed by atoms with Crippen molar-refractivity contribution in [2.45, 2.75) is 19.1 Å². The third-order valence-electron chi connectivity index (χ3n) is 3.46. The number of ether oxygens (including phenoxy) is 2. The number of amides is 1. The van der Waals surface area contributed by atoms with Crippen molar-refractivity contribution >= 4 is 18.5 Å². The Morgan fingerprint density at radius 1 is 1.09 bits per heavy atom. The van der Waals surface area contributed by atoms with Gasteiger partial charge in [0.15, 0.2) is 0 Å². The van der Waals surface area contributed by atoms with Gasteiger partial charge in [0.25, 0.3) is 0 Å². The first-order chi connectivity index (χ1) is 10.3. The molecule has 4 nitrogen and oxygen atoms in total. The van der Waals surface area contributed by atoms with E-state index in [4.69, 9.17) is 9.47 Å². The number of alkyl carbamates (subject to hydrolysis) is 1. The van der Waals surface area contributed by atoms with Crippen molar-refractivity contribution in [3.8, 4) is 5.75 Å². The molecule has 2 aromatic rings. The first kappa shape index (κ1) is 16.2. The van der Waals surface area contributed by atoms with Crippen LogP contribution in [-0.2, 0) is 11.3 Å². The predicted octanol–water partition coefficient (Wildman–Crippen LogP) is 3.86. The van der Waals surface area contributed by atoms with Gasteiger partial charge in [0.2, 0.25) is 0 Å². The number of halogens is 1. The number of hydrogen-bond acceptors (Lipinski definition) is 3. The fraction of sp³-hybridized carbons (Fsp3) is 0.235. The number of nitrogens with one attached hydrogen (secondary N) is 1. The third kappa shape index (κ3) is 4.15. The Balaban J connectivity index is 0.00000176. The molecular formula is C17H18ClNO3. The van der Waals surface area contributed by atoms with Gasteiger partial charge in [-0.3, -0.25) is 0 Å². The molecule has 0 aliphatic carbocycles. The zero-order chi connectivity index (χ0) is 14.5. The van der Waals surface area contributed by atoms with E-state index in [1.165, 1.54) is 0 Å². The highest BCUT2D eigenvalue weighted by molar-refractivity contribution is 5.85. The van der Waals surface area contributed by atoms with E-state index in [2.05, 4.69) is 5.32 Å². The first-order valence-electron chi connectivity index (χ1n) is 7.01. The van der Waals surface area contributed by atoms with Crippen LogP contribution >= 0.6 is 12.4 Å². The molecule has 1 amide bonds. The Morgan fingerprint density at radius 3 is 2.50 bits per heavy atom. The van der Waals surface area contributed by atoms with Gasteiger partial charge >= 0.3 is 6.09 Å². The zero-order valence-corrected chi connectivity index (χ0v) is 12.8. The normalized spacial score (nSPS) is 16.9. The van der Waals surface area contributed by atoms with Crippen LogP contribution in [-0.4, -0.2) is 12.7 Å². The molecule has 0 saturated carbocycles. The van der Waals surface area contributed by atoms with Crippen LogP contribution in [0.1, 0.15) is 23.6 Å². The number of cyclic esters (lactones) is 1. The average Bonchev–Trinajstić information content (AvgIpc) is 2.54. The van der Waals surface area contributed by atoms with E-state index < -0.39 is 0 Å². The molecule has 5 heteroatoms. The van der Waals surface area contributed by atoms with E-state index >= 15 is 0 Å². The third-order valence-corrected chi connectivity index (χ3v) is 3.46. The molecule has 0 spiro atoms. The fourth-order valence-corrected chi connectivity index (χ4v) is 2.31. The molecule has 2 aromatic carbocycles. The zero-order valence-electron chi connectivity index (χ0n) is 12.0. The minimum absolute atomic E-state index is 0. The van der Waals surface area contributed by atoms with Gasteiger partial charge in [-0.2, -0.15) is 0 Å². The molecule has 3 rings (SSSR count). The lowest BCUT2D eigenvalue weighted by Crippen LogP contribution is -2.35. The van der Waals surface area contributed by atoms with Gasteiger partial charge in [-0.05, 0) is 23.3 Å². The highest BCUT2D eigenvalue weighted by Crippen LogP contribution is 2.23. The van der Waals surface area contributed by atoms with Crippen LogP contribution in [0.2, 0.25) is 0 Å². The highest BCUT2D eigenvalue weighted by Gasteiger charge is 2.20. The summed E-state index contributed by atoms with van der Waals surface area (Å²) < 4.78 is 10.6. The Kier molecular flexibility index (Phi) is 5.67. The molecule has 1 aliphatic rings. The Morgan fingerprint density at radius 2 is 1.82 bits per heavy atom. The van der Waals surface area contributed by atoms with Gasteiger partial charge in [0.1, 0.15) is 12.4 Å². The summed E-state index contributed by atoms with van der Waals surface area (Å²) in [6, 6.07) is 17.9. The van der Waals surface area contributed by atoms with Crippen molar-refractivity contribution in [2.24, 2.45) is 0 Å². The summed E-state index contributed by atoms with van der Waals surface area (Å²) in [7, 11) is 0.